The van der Waals surface area contributed by atoms with Crippen LogP contribution < -0.4 is 0 Å². The quantitative estimate of drug-likeness (QED) is 0.106. The van der Waals surface area contributed by atoms with Crippen molar-refractivity contribution in [3.63, 3.8) is 0 Å². The van der Waals surface area contributed by atoms with Crippen LogP contribution in [0.25, 0.3) is 0 Å². The molecule has 0 unspecified atom stereocenters. The van der Waals surface area contributed by atoms with Crippen molar-refractivity contribution in [1.29, 1.82) is 0 Å². The molecule has 0 aromatic carbocycles. The Morgan fingerprint density at radius 1 is 0.345 bits per heavy atom. The number of unbranched alkanes of at least 4 members (excludes halogenated alkanes) is 16. The minimum Gasteiger partial charge on any atom is -0.312 e. The first kappa shape index (κ1) is 29.3. The van der Waals surface area contributed by atoms with Gasteiger partial charge >= 0.3 is 8.60 Å². The van der Waals surface area contributed by atoms with E-state index in [4.69, 9.17) is 13.6 Å². The summed E-state index contributed by atoms with van der Waals surface area (Å²) in [7, 11) is -1.14. The van der Waals surface area contributed by atoms with E-state index in [1.54, 1.807) is 0 Å². The number of hydrogen-bond donors (Lipinski definition) is 0. The Bertz CT molecular complexity index is 267. The van der Waals surface area contributed by atoms with Crippen molar-refractivity contribution in [2.24, 2.45) is 0 Å². The second kappa shape index (κ2) is 26.3. The molecule has 0 aromatic heterocycles. The molecule has 176 valence electrons. The van der Waals surface area contributed by atoms with Crippen LogP contribution in [-0.2, 0) is 13.6 Å². The van der Waals surface area contributed by atoms with Crippen molar-refractivity contribution >= 4 is 8.60 Å². The van der Waals surface area contributed by atoms with Gasteiger partial charge in [-0.2, -0.15) is 0 Å². The van der Waals surface area contributed by atoms with Crippen LogP contribution in [0, 0.1) is 0 Å². The van der Waals surface area contributed by atoms with Gasteiger partial charge in [0.25, 0.3) is 0 Å². The molecule has 0 aromatic rings. The van der Waals surface area contributed by atoms with Crippen molar-refractivity contribution < 1.29 is 13.6 Å². The first-order valence-electron chi connectivity index (χ1n) is 13.0. The topological polar surface area (TPSA) is 27.7 Å². The van der Waals surface area contributed by atoms with Gasteiger partial charge in [0, 0.05) is 0 Å². The van der Waals surface area contributed by atoms with Crippen LogP contribution in [0.1, 0.15) is 143 Å². The monoisotopic (exact) mass is 432 g/mol. The molecule has 4 heteroatoms. The number of rotatable bonds is 25. The van der Waals surface area contributed by atoms with E-state index in [-0.39, 0.29) is 0 Å². The van der Waals surface area contributed by atoms with Crippen molar-refractivity contribution in [3.8, 4) is 0 Å². The molecule has 0 atom stereocenters. The van der Waals surface area contributed by atoms with E-state index in [0.29, 0.717) is 0 Å². The summed E-state index contributed by atoms with van der Waals surface area (Å²) in [6.07, 6.45) is 24.8. The summed E-state index contributed by atoms with van der Waals surface area (Å²) in [5.41, 5.74) is 0. The maximum Gasteiger partial charge on any atom is 0.332 e. The third kappa shape index (κ3) is 24.5. The Balaban J connectivity index is 3.69. The summed E-state index contributed by atoms with van der Waals surface area (Å²) < 4.78 is 17.8. The molecular formula is C25H53O3P. The van der Waals surface area contributed by atoms with Gasteiger partial charge in [-0.25, -0.2) is 0 Å². The van der Waals surface area contributed by atoms with E-state index < -0.39 is 8.60 Å². The van der Waals surface area contributed by atoms with Crippen LogP contribution >= 0.6 is 8.60 Å². The van der Waals surface area contributed by atoms with E-state index in [9.17, 15) is 0 Å². The van der Waals surface area contributed by atoms with Crippen molar-refractivity contribution in [2.75, 3.05) is 19.8 Å². The molecule has 29 heavy (non-hydrogen) atoms. The predicted molar refractivity (Wildman–Crippen MR) is 130 cm³/mol. The lowest BCUT2D eigenvalue weighted by Crippen LogP contribution is -2.00. The van der Waals surface area contributed by atoms with E-state index in [1.165, 1.54) is 103 Å². The van der Waals surface area contributed by atoms with Crippen LogP contribution in [0.5, 0.6) is 0 Å². The highest BCUT2D eigenvalue weighted by molar-refractivity contribution is 7.41. The van der Waals surface area contributed by atoms with Crippen molar-refractivity contribution in [2.45, 2.75) is 143 Å². The molecule has 0 aliphatic heterocycles. The highest BCUT2D eigenvalue weighted by Crippen LogP contribution is 2.40. The SMILES string of the molecule is CCCCCCCCCCOP(OCCCCC)OCCCCCCCCCC. The number of hydrogen-bond acceptors (Lipinski definition) is 3. The minimum atomic E-state index is -1.14. The zero-order valence-corrected chi connectivity index (χ0v) is 21.1. The molecule has 0 fully saturated rings. The Morgan fingerprint density at radius 3 is 0.931 bits per heavy atom. The van der Waals surface area contributed by atoms with Gasteiger partial charge in [-0.1, -0.05) is 124 Å². The second-order valence-corrected chi connectivity index (χ2v) is 9.60. The molecule has 0 N–H and O–H groups in total. The molecular weight excluding hydrogens is 379 g/mol. The van der Waals surface area contributed by atoms with E-state index in [1.807, 2.05) is 0 Å². The van der Waals surface area contributed by atoms with Crippen LogP contribution in [0.3, 0.4) is 0 Å². The fourth-order valence-corrected chi connectivity index (χ4v) is 4.41. The van der Waals surface area contributed by atoms with E-state index in [0.717, 1.165) is 39.1 Å². The average molecular weight is 433 g/mol. The van der Waals surface area contributed by atoms with Gasteiger partial charge in [-0.15, -0.1) is 0 Å². The molecule has 0 aliphatic carbocycles. The van der Waals surface area contributed by atoms with Crippen molar-refractivity contribution in [1.82, 2.24) is 0 Å². The maximum atomic E-state index is 5.96. The van der Waals surface area contributed by atoms with Crippen LogP contribution in [-0.4, -0.2) is 19.8 Å². The van der Waals surface area contributed by atoms with E-state index >= 15 is 0 Å². The van der Waals surface area contributed by atoms with Crippen LogP contribution in [0.4, 0.5) is 0 Å². The molecule has 0 saturated heterocycles. The Kier molecular flexibility index (Phi) is 26.6. The van der Waals surface area contributed by atoms with Gasteiger partial charge in [-0.05, 0) is 19.3 Å². The van der Waals surface area contributed by atoms with Gasteiger partial charge in [0.2, 0.25) is 0 Å². The van der Waals surface area contributed by atoms with Crippen LogP contribution in [0.2, 0.25) is 0 Å². The van der Waals surface area contributed by atoms with E-state index in [2.05, 4.69) is 20.8 Å². The zero-order valence-electron chi connectivity index (χ0n) is 20.2. The minimum absolute atomic E-state index is 0.772. The first-order chi connectivity index (χ1) is 14.3. The standard InChI is InChI=1S/C25H53O3P/c1-4-7-10-12-14-16-18-21-24-27-29(26-23-20-9-6-3)28-25-22-19-17-15-13-11-8-5-2/h4-25H2,1-3H3. The summed E-state index contributed by atoms with van der Waals surface area (Å²) in [5.74, 6) is 0. The average Bonchev–Trinajstić information content (AvgIpc) is 2.73. The van der Waals surface area contributed by atoms with Gasteiger partial charge in [0.1, 0.15) is 0 Å². The first-order valence-corrected chi connectivity index (χ1v) is 14.1. The molecule has 0 heterocycles. The van der Waals surface area contributed by atoms with Gasteiger partial charge in [-0.3, -0.25) is 0 Å². The van der Waals surface area contributed by atoms with Gasteiger partial charge in [0.05, 0.1) is 19.8 Å². The lowest BCUT2D eigenvalue weighted by atomic mass is 10.1. The van der Waals surface area contributed by atoms with Crippen molar-refractivity contribution in [3.05, 3.63) is 0 Å². The lowest BCUT2D eigenvalue weighted by molar-refractivity contribution is 0.154. The van der Waals surface area contributed by atoms with Gasteiger partial charge < -0.3 is 13.6 Å². The second-order valence-electron chi connectivity index (χ2n) is 8.38. The summed E-state index contributed by atoms with van der Waals surface area (Å²) in [5, 5.41) is 0. The highest BCUT2D eigenvalue weighted by atomic mass is 31.2. The summed E-state index contributed by atoms with van der Waals surface area (Å²) in [6, 6.07) is 0. The predicted octanol–water partition coefficient (Wildman–Crippen LogP) is 9.73. The Hall–Kier alpha value is 0.310. The fraction of sp³-hybridized carbons (Fsp3) is 1.00. The largest absolute Gasteiger partial charge is 0.332 e. The normalized spacial score (nSPS) is 11.6. The Morgan fingerprint density at radius 2 is 0.586 bits per heavy atom. The Labute approximate surface area is 185 Å². The molecule has 0 radical (unpaired) electrons. The summed E-state index contributed by atoms with van der Waals surface area (Å²) >= 11 is 0. The molecule has 0 amide bonds. The maximum absolute atomic E-state index is 5.96. The molecule has 0 bridgehead atoms. The highest BCUT2D eigenvalue weighted by Gasteiger charge is 2.12. The third-order valence-electron chi connectivity index (χ3n) is 5.33. The van der Waals surface area contributed by atoms with Crippen LogP contribution in [0.15, 0.2) is 0 Å². The summed E-state index contributed by atoms with van der Waals surface area (Å²) in [4.78, 5) is 0. The molecule has 0 rings (SSSR count). The van der Waals surface area contributed by atoms with Gasteiger partial charge in [0.15, 0.2) is 0 Å². The fourth-order valence-electron chi connectivity index (χ4n) is 3.35. The molecule has 0 spiro atoms. The smallest absolute Gasteiger partial charge is 0.312 e. The molecule has 0 aliphatic rings. The third-order valence-corrected chi connectivity index (χ3v) is 6.51. The molecule has 0 saturated carbocycles. The lowest BCUT2D eigenvalue weighted by Gasteiger charge is -2.17. The zero-order chi connectivity index (χ0) is 21.3. The molecule has 3 nitrogen and oxygen atoms in total. The summed E-state index contributed by atoms with van der Waals surface area (Å²) in [6.45, 7) is 9.11.